The number of hydrogen-bond donors (Lipinski definition) is 1. The molecule has 0 saturated heterocycles. The second-order valence-corrected chi connectivity index (χ2v) is 7.93. The molecule has 112 valence electrons. The molecule has 0 amide bonds. The predicted molar refractivity (Wildman–Crippen MR) is 85.9 cm³/mol. The van der Waals surface area contributed by atoms with Crippen LogP contribution in [0.4, 0.5) is 0 Å². The van der Waals surface area contributed by atoms with Gasteiger partial charge in [0.1, 0.15) is 0 Å². The van der Waals surface area contributed by atoms with E-state index < -0.39 is 0 Å². The number of thioether (sulfide) groups is 1. The minimum absolute atomic E-state index is 0.396. The van der Waals surface area contributed by atoms with E-state index in [1.807, 2.05) is 30.2 Å². The molecular formula is C16H27N3S. The zero-order valence-electron chi connectivity index (χ0n) is 13.1. The molecule has 2 rings (SSSR count). The van der Waals surface area contributed by atoms with E-state index in [0.717, 1.165) is 17.6 Å². The topological polar surface area (TPSA) is 37.8 Å². The first-order valence-electron chi connectivity index (χ1n) is 7.67. The van der Waals surface area contributed by atoms with Crippen LogP contribution in [0.2, 0.25) is 0 Å². The zero-order valence-corrected chi connectivity index (χ0v) is 13.9. The third kappa shape index (κ3) is 4.19. The van der Waals surface area contributed by atoms with Crippen molar-refractivity contribution >= 4 is 11.8 Å². The van der Waals surface area contributed by atoms with E-state index >= 15 is 0 Å². The summed E-state index contributed by atoms with van der Waals surface area (Å²) in [5, 5.41) is 5.14. The van der Waals surface area contributed by atoms with Crippen LogP contribution in [0.15, 0.2) is 23.6 Å². The van der Waals surface area contributed by atoms with Crippen molar-refractivity contribution < 1.29 is 0 Å². The third-order valence-corrected chi connectivity index (χ3v) is 5.53. The van der Waals surface area contributed by atoms with E-state index in [4.69, 9.17) is 0 Å². The van der Waals surface area contributed by atoms with Crippen molar-refractivity contribution in [2.75, 3.05) is 6.54 Å². The quantitative estimate of drug-likeness (QED) is 0.858. The fourth-order valence-electron chi connectivity index (χ4n) is 3.02. The van der Waals surface area contributed by atoms with Gasteiger partial charge < -0.3 is 5.32 Å². The van der Waals surface area contributed by atoms with Gasteiger partial charge in [-0.2, -0.15) is 0 Å². The summed E-state index contributed by atoms with van der Waals surface area (Å²) in [6, 6.07) is 2.47. The summed E-state index contributed by atoms with van der Waals surface area (Å²) >= 11 is 1.85. The number of nitrogens with zero attached hydrogens (tertiary/aromatic N) is 2. The Kier molecular flexibility index (Phi) is 5.44. The Labute approximate surface area is 127 Å². The molecule has 0 spiro atoms. The molecule has 4 heteroatoms. The summed E-state index contributed by atoms with van der Waals surface area (Å²) in [5.41, 5.74) is 0.396. The van der Waals surface area contributed by atoms with Gasteiger partial charge in [-0.3, -0.25) is 0 Å². The van der Waals surface area contributed by atoms with Crippen LogP contribution in [0, 0.1) is 11.3 Å². The van der Waals surface area contributed by atoms with E-state index in [0.29, 0.717) is 16.7 Å². The maximum atomic E-state index is 4.38. The zero-order chi connectivity index (χ0) is 14.6. The molecule has 1 fully saturated rings. The Morgan fingerprint density at radius 2 is 1.95 bits per heavy atom. The van der Waals surface area contributed by atoms with Crippen LogP contribution in [0.5, 0.6) is 0 Å². The molecule has 3 nitrogen and oxygen atoms in total. The summed E-state index contributed by atoms with van der Waals surface area (Å²) in [5.74, 6) is 0.790. The van der Waals surface area contributed by atoms with Crippen molar-refractivity contribution in [1.29, 1.82) is 0 Å². The van der Waals surface area contributed by atoms with Crippen molar-refractivity contribution in [3.8, 4) is 0 Å². The second-order valence-electron chi connectivity index (χ2n) is 6.73. The van der Waals surface area contributed by atoms with Crippen LogP contribution in [-0.4, -0.2) is 27.8 Å². The highest BCUT2D eigenvalue weighted by Gasteiger charge is 2.36. The largest absolute Gasteiger partial charge is 0.313 e. The van der Waals surface area contributed by atoms with Gasteiger partial charge in [0.25, 0.3) is 0 Å². The molecule has 0 radical (unpaired) electrons. The number of rotatable bonds is 4. The molecule has 0 aromatic carbocycles. The molecule has 0 aliphatic heterocycles. The van der Waals surface area contributed by atoms with Gasteiger partial charge in [0.05, 0.1) is 0 Å². The van der Waals surface area contributed by atoms with E-state index in [2.05, 4.69) is 43.0 Å². The van der Waals surface area contributed by atoms with Crippen molar-refractivity contribution in [1.82, 2.24) is 15.3 Å². The Bertz CT molecular complexity index is 402. The first-order chi connectivity index (χ1) is 9.50. The highest BCUT2D eigenvalue weighted by Crippen LogP contribution is 2.42. The summed E-state index contributed by atoms with van der Waals surface area (Å²) in [4.78, 5) is 8.76. The first kappa shape index (κ1) is 15.8. The van der Waals surface area contributed by atoms with Gasteiger partial charge in [0.2, 0.25) is 0 Å². The highest BCUT2D eigenvalue weighted by molar-refractivity contribution is 7.99. The van der Waals surface area contributed by atoms with E-state index in [9.17, 15) is 0 Å². The van der Waals surface area contributed by atoms with Gasteiger partial charge in [-0.15, -0.1) is 0 Å². The molecule has 1 aliphatic carbocycles. The summed E-state index contributed by atoms with van der Waals surface area (Å²) in [6.07, 6.45) is 7.52. The highest BCUT2D eigenvalue weighted by atomic mass is 32.2. The number of aromatic nitrogens is 2. The maximum absolute atomic E-state index is 4.38. The monoisotopic (exact) mass is 293 g/mol. The molecule has 20 heavy (non-hydrogen) atoms. The molecule has 1 aliphatic rings. The van der Waals surface area contributed by atoms with Crippen LogP contribution < -0.4 is 5.32 Å². The van der Waals surface area contributed by atoms with E-state index in [-0.39, 0.29) is 0 Å². The summed E-state index contributed by atoms with van der Waals surface area (Å²) < 4.78 is 0. The molecular weight excluding hydrogens is 266 g/mol. The lowest BCUT2D eigenvalue weighted by molar-refractivity contribution is 0.165. The number of hydrogen-bond acceptors (Lipinski definition) is 4. The van der Waals surface area contributed by atoms with Crippen molar-refractivity contribution in [3.63, 3.8) is 0 Å². The molecule has 1 heterocycles. The minimum Gasteiger partial charge on any atom is -0.313 e. The SMILES string of the molecule is CCNC1CCC(C(C)(C)C)CC1Sc1ncccn1. The van der Waals surface area contributed by atoms with Crippen molar-refractivity contribution in [3.05, 3.63) is 18.5 Å². The van der Waals surface area contributed by atoms with Gasteiger partial charge in [-0.1, -0.05) is 39.5 Å². The molecule has 3 atom stereocenters. The minimum atomic E-state index is 0.396. The van der Waals surface area contributed by atoms with E-state index in [1.165, 1.54) is 19.3 Å². The van der Waals surface area contributed by atoms with Crippen molar-refractivity contribution in [2.45, 2.75) is 63.4 Å². The Morgan fingerprint density at radius 3 is 2.55 bits per heavy atom. The van der Waals surface area contributed by atoms with Gasteiger partial charge in [0.15, 0.2) is 5.16 Å². The normalized spacial score (nSPS) is 27.5. The smallest absolute Gasteiger partial charge is 0.187 e. The third-order valence-electron chi connectivity index (χ3n) is 4.28. The second kappa shape index (κ2) is 6.90. The Balaban J connectivity index is 2.07. The Hall–Kier alpha value is -0.610. The average molecular weight is 293 g/mol. The van der Waals surface area contributed by atoms with Crippen molar-refractivity contribution in [2.24, 2.45) is 11.3 Å². The number of nitrogens with one attached hydrogen (secondary N) is 1. The molecule has 1 aromatic heterocycles. The lowest BCUT2D eigenvalue weighted by atomic mass is 9.71. The van der Waals surface area contributed by atoms with Crippen LogP contribution in [0.1, 0.15) is 47.0 Å². The molecule has 1 aromatic rings. The first-order valence-corrected chi connectivity index (χ1v) is 8.55. The molecule has 0 bridgehead atoms. The molecule has 1 N–H and O–H groups in total. The summed E-state index contributed by atoms with van der Waals surface area (Å²) in [7, 11) is 0. The van der Waals surface area contributed by atoms with Gasteiger partial charge in [-0.25, -0.2) is 9.97 Å². The van der Waals surface area contributed by atoms with Crippen LogP contribution in [0.25, 0.3) is 0 Å². The summed E-state index contributed by atoms with van der Waals surface area (Å²) in [6.45, 7) is 10.3. The maximum Gasteiger partial charge on any atom is 0.187 e. The Morgan fingerprint density at radius 1 is 1.25 bits per heavy atom. The van der Waals surface area contributed by atoms with Gasteiger partial charge in [0, 0.05) is 23.7 Å². The molecule has 1 saturated carbocycles. The van der Waals surface area contributed by atoms with Crippen LogP contribution >= 0.6 is 11.8 Å². The van der Waals surface area contributed by atoms with E-state index in [1.54, 1.807) is 0 Å². The van der Waals surface area contributed by atoms with Crippen LogP contribution in [0.3, 0.4) is 0 Å². The lowest BCUT2D eigenvalue weighted by Gasteiger charge is -2.41. The molecule has 3 unspecified atom stereocenters. The predicted octanol–water partition coefficient (Wildman–Crippen LogP) is 3.76. The fourth-order valence-corrected chi connectivity index (χ4v) is 4.26. The lowest BCUT2D eigenvalue weighted by Crippen LogP contribution is -2.44. The van der Waals surface area contributed by atoms with Crippen LogP contribution in [-0.2, 0) is 0 Å². The standard InChI is InChI=1S/C16H27N3S/c1-5-17-13-8-7-12(16(2,3)4)11-14(13)20-15-18-9-6-10-19-15/h6,9-10,12-14,17H,5,7-8,11H2,1-4H3. The van der Waals surface area contributed by atoms with Gasteiger partial charge >= 0.3 is 0 Å². The van der Waals surface area contributed by atoms with Gasteiger partial charge in [-0.05, 0) is 43.2 Å². The average Bonchev–Trinajstić information content (AvgIpc) is 2.41. The fraction of sp³-hybridized carbons (Fsp3) is 0.750.